The molecule has 0 aliphatic rings. The van der Waals surface area contributed by atoms with Crippen LogP contribution in [0.3, 0.4) is 0 Å². The highest BCUT2D eigenvalue weighted by Gasteiger charge is 1.95. The highest BCUT2D eigenvalue weighted by molar-refractivity contribution is 8.93. The first kappa shape index (κ1) is 9.26. The van der Waals surface area contributed by atoms with Gasteiger partial charge in [-0.1, -0.05) is 12.1 Å². The molecule has 0 saturated heterocycles. The Balaban J connectivity index is 0.000000810. The Morgan fingerprint density at radius 1 is 1.30 bits per heavy atom. The predicted molar refractivity (Wildman–Crippen MR) is 43.2 cm³/mol. The van der Waals surface area contributed by atoms with Crippen LogP contribution in [0.2, 0.25) is 0 Å². The third-order valence-corrected chi connectivity index (χ3v) is 0.992. The van der Waals surface area contributed by atoms with Gasteiger partial charge in [-0.2, -0.15) is 5.90 Å². The van der Waals surface area contributed by atoms with E-state index in [1.807, 2.05) is 0 Å². The number of hydrogen-bond donors (Lipinski definition) is 2. The highest BCUT2D eigenvalue weighted by atomic mass is 79.9. The van der Waals surface area contributed by atoms with E-state index in [0.29, 0.717) is 0 Å². The van der Waals surface area contributed by atoms with Gasteiger partial charge in [0.2, 0.25) is 0 Å². The van der Waals surface area contributed by atoms with Crippen molar-refractivity contribution in [1.29, 1.82) is 0 Å². The lowest BCUT2D eigenvalue weighted by Gasteiger charge is -1.98. The smallest absolute Gasteiger partial charge is 0.188 e. The molecule has 0 fully saturated rings. The maximum atomic E-state index is 8.91. The molecule has 0 radical (unpaired) electrons. The van der Waals surface area contributed by atoms with E-state index in [1.54, 1.807) is 18.2 Å². The van der Waals surface area contributed by atoms with Crippen LogP contribution in [0.4, 0.5) is 0 Å². The summed E-state index contributed by atoms with van der Waals surface area (Å²) in [6.07, 6.45) is 0. The number of benzene rings is 1. The van der Waals surface area contributed by atoms with Gasteiger partial charge in [-0.15, -0.1) is 17.0 Å². The Kier molecular flexibility index (Phi) is 3.83. The second-order valence-corrected chi connectivity index (χ2v) is 1.59. The van der Waals surface area contributed by atoms with Gasteiger partial charge < -0.3 is 9.94 Å². The first-order valence-corrected chi connectivity index (χ1v) is 2.49. The first-order valence-electron chi connectivity index (χ1n) is 2.49. The largest absolute Gasteiger partial charge is 0.504 e. The molecule has 0 heterocycles. The highest BCUT2D eigenvalue weighted by Crippen LogP contribution is 2.22. The van der Waals surface area contributed by atoms with Crippen molar-refractivity contribution in [3.63, 3.8) is 0 Å². The van der Waals surface area contributed by atoms with Crippen molar-refractivity contribution in [2.75, 3.05) is 0 Å². The van der Waals surface area contributed by atoms with Crippen LogP contribution in [0, 0.1) is 0 Å². The molecule has 3 N–H and O–H groups in total. The summed E-state index contributed by atoms with van der Waals surface area (Å²) in [5.74, 6) is 5.14. The molecule has 56 valence electrons. The summed E-state index contributed by atoms with van der Waals surface area (Å²) < 4.78 is 0. The molecule has 0 saturated carbocycles. The number of phenolic OH excluding ortho intramolecular Hbond substituents is 1. The Labute approximate surface area is 69.1 Å². The third-order valence-electron chi connectivity index (χ3n) is 0.992. The van der Waals surface area contributed by atoms with E-state index in [2.05, 4.69) is 4.84 Å². The number of phenols is 1. The number of nitrogens with two attached hydrogens (primary N) is 1. The van der Waals surface area contributed by atoms with Gasteiger partial charge in [0.25, 0.3) is 0 Å². The molecule has 3 nitrogen and oxygen atoms in total. The Hall–Kier alpha value is -0.740. The summed E-state index contributed by atoms with van der Waals surface area (Å²) in [5, 5.41) is 8.91. The molecule has 0 aliphatic carbocycles. The normalized spacial score (nSPS) is 8.10. The summed E-state index contributed by atoms with van der Waals surface area (Å²) in [5.41, 5.74) is 0. The Bertz CT molecular complexity index is 205. The fourth-order valence-electron chi connectivity index (χ4n) is 0.557. The minimum atomic E-state index is 0. The van der Waals surface area contributed by atoms with Crippen molar-refractivity contribution in [1.82, 2.24) is 0 Å². The summed E-state index contributed by atoms with van der Waals surface area (Å²) in [7, 11) is 0. The van der Waals surface area contributed by atoms with E-state index >= 15 is 0 Å². The molecule has 1 rings (SSSR count). The molecule has 4 heteroatoms. The zero-order valence-corrected chi connectivity index (χ0v) is 6.86. The maximum absolute atomic E-state index is 8.91. The zero-order valence-electron chi connectivity index (χ0n) is 5.15. The lowest BCUT2D eigenvalue weighted by Crippen LogP contribution is -2.01. The van der Waals surface area contributed by atoms with Gasteiger partial charge in [0.05, 0.1) is 0 Å². The van der Waals surface area contributed by atoms with Crippen LogP contribution < -0.4 is 10.7 Å². The number of hydrogen-bond acceptors (Lipinski definition) is 3. The number of aromatic hydroxyl groups is 1. The van der Waals surface area contributed by atoms with Gasteiger partial charge >= 0.3 is 0 Å². The molecule has 1 aromatic rings. The van der Waals surface area contributed by atoms with Gasteiger partial charge in [0, 0.05) is 0 Å². The van der Waals surface area contributed by atoms with Crippen LogP contribution in [-0.4, -0.2) is 5.11 Å². The number of para-hydroxylation sites is 2. The molecule has 0 spiro atoms. The van der Waals surface area contributed by atoms with Crippen LogP contribution in [0.25, 0.3) is 0 Å². The topological polar surface area (TPSA) is 55.5 Å². The van der Waals surface area contributed by atoms with Crippen molar-refractivity contribution in [2.24, 2.45) is 5.90 Å². The van der Waals surface area contributed by atoms with Crippen molar-refractivity contribution >= 4 is 17.0 Å². The van der Waals surface area contributed by atoms with Gasteiger partial charge in [0.1, 0.15) is 0 Å². The van der Waals surface area contributed by atoms with E-state index in [1.165, 1.54) is 6.07 Å². The van der Waals surface area contributed by atoms with Crippen molar-refractivity contribution in [2.45, 2.75) is 0 Å². The molecular formula is C6H8BrNO2. The SMILES string of the molecule is Br.NOc1ccccc1O. The fourth-order valence-corrected chi connectivity index (χ4v) is 0.557. The van der Waals surface area contributed by atoms with Crippen LogP contribution in [0.1, 0.15) is 0 Å². The van der Waals surface area contributed by atoms with Gasteiger partial charge in [-0.25, -0.2) is 0 Å². The average molecular weight is 206 g/mol. The molecule has 0 aromatic heterocycles. The van der Waals surface area contributed by atoms with Crippen LogP contribution in [0.15, 0.2) is 24.3 Å². The molecule has 0 aliphatic heterocycles. The average Bonchev–Trinajstić information content (AvgIpc) is 1.89. The van der Waals surface area contributed by atoms with Crippen molar-refractivity contribution < 1.29 is 9.94 Å². The minimum absolute atomic E-state index is 0. The minimum Gasteiger partial charge on any atom is -0.504 e. The summed E-state index contributed by atoms with van der Waals surface area (Å²) in [6.45, 7) is 0. The van der Waals surface area contributed by atoms with Crippen LogP contribution in [-0.2, 0) is 0 Å². The molecule has 1 aromatic carbocycles. The molecule has 0 bridgehead atoms. The van der Waals surface area contributed by atoms with E-state index in [9.17, 15) is 0 Å². The van der Waals surface area contributed by atoms with Gasteiger partial charge in [0.15, 0.2) is 11.5 Å². The quantitative estimate of drug-likeness (QED) is 0.679. The second-order valence-electron chi connectivity index (χ2n) is 1.59. The number of rotatable bonds is 1. The standard InChI is InChI=1S/C6H7NO2.BrH/c7-9-6-4-2-1-3-5(6)8;/h1-4,8H,7H2;1H. The fraction of sp³-hybridized carbons (Fsp3) is 0. The van der Waals surface area contributed by atoms with Gasteiger partial charge in [-0.05, 0) is 12.1 Å². The lowest BCUT2D eigenvalue weighted by atomic mass is 10.3. The van der Waals surface area contributed by atoms with Crippen molar-refractivity contribution in [3.05, 3.63) is 24.3 Å². The Morgan fingerprint density at radius 3 is 2.30 bits per heavy atom. The van der Waals surface area contributed by atoms with E-state index in [0.717, 1.165) is 0 Å². The van der Waals surface area contributed by atoms with Crippen LogP contribution >= 0.6 is 17.0 Å². The van der Waals surface area contributed by atoms with E-state index in [-0.39, 0.29) is 28.5 Å². The van der Waals surface area contributed by atoms with E-state index in [4.69, 9.17) is 11.0 Å². The van der Waals surface area contributed by atoms with Crippen molar-refractivity contribution in [3.8, 4) is 11.5 Å². The Morgan fingerprint density at radius 2 is 1.90 bits per heavy atom. The monoisotopic (exact) mass is 205 g/mol. The predicted octanol–water partition coefficient (Wildman–Crippen LogP) is 1.22. The summed E-state index contributed by atoms with van der Waals surface area (Å²) >= 11 is 0. The molecule has 0 unspecified atom stereocenters. The summed E-state index contributed by atoms with van der Waals surface area (Å²) in [4.78, 5) is 4.29. The maximum Gasteiger partial charge on any atom is 0.188 e. The van der Waals surface area contributed by atoms with E-state index < -0.39 is 0 Å². The molecular weight excluding hydrogens is 198 g/mol. The summed E-state index contributed by atoms with van der Waals surface area (Å²) in [6, 6.07) is 6.50. The first-order chi connectivity index (χ1) is 4.34. The molecule has 10 heavy (non-hydrogen) atoms. The molecule has 0 atom stereocenters. The second kappa shape index (κ2) is 4.14. The third kappa shape index (κ3) is 1.89. The lowest BCUT2D eigenvalue weighted by molar-refractivity contribution is 0.313. The number of halogens is 1. The van der Waals surface area contributed by atoms with Crippen LogP contribution in [0.5, 0.6) is 11.5 Å². The van der Waals surface area contributed by atoms with Gasteiger partial charge in [-0.3, -0.25) is 0 Å². The molecule has 0 amide bonds. The zero-order chi connectivity index (χ0) is 6.69.